The molecule has 0 bridgehead atoms. The van der Waals surface area contributed by atoms with Crippen molar-refractivity contribution in [1.29, 1.82) is 0 Å². The number of thiophene rings is 1. The van der Waals surface area contributed by atoms with Gasteiger partial charge in [0.05, 0.1) is 48.7 Å². The summed E-state index contributed by atoms with van der Waals surface area (Å²) in [5.74, 6) is -1.77. The lowest BCUT2D eigenvalue weighted by atomic mass is 9.89. The Hall–Kier alpha value is -2.87. The van der Waals surface area contributed by atoms with Crippen molar-refractivity contribution in [3.05, 3.63) is 22.4 Å². The monoisotopic (exact) mass is 749 g/mol. The summed E-state index contributed by atoms with van der Waals surface area (Å²) in [5.41, 5.74) is 0. The fourth-order valence-corrected chi connectivity index (χ4v) is 8.39. The number of likely N-dealkylation sites (N-methyl/N-ethyl adjacent to an activating group) is 2. The number of Topliss-reactive ketones (excluding diaryl/α,β-unsaturated/α-hetero) is 1. The highest BCUT2D eigenvalue weighted by Gasteiger charge is 2.43. The minimum absolute atomic E-state index is 0.0198. The molecule has 2 unspecified atom stereocenters. The molecule has 2 N–H and O–H groups in total. The molecule has 12 nitrogen and oxygen atoms in total. The first-order valence-electron chi connectivity index (χ1n) is 18.8. The molecule has 1 aliphatic heterocycles. The summed E-state index contributed by atoms with van der Waals surface area (Å²) in [6.45, 7) is 15.6. The topological polar surface area (TPSA) is 138 Å². The molecule has 9 atom stereocenters. The van der Waals surface area contributed by atoms with Crippen LogP contribution in [0, 0.1) is 23.7 Å². The van der Waals surface area contributed by atoms with Gasteiger partial charge in [0.2, 0.25) is 23.6 Å². The van der Waals surface area contributed by atoms with Gasteiger partial charge in [-0.15, -0.1) is 11.3 Å². The molecule has 52 heavy (non-hydrogen) atoms. The molecule has 0 spiro atoms. The van der Waals surface area contributed by atoms with Crippen LogP contribution in [0.3, 0.4) is 0 Å². The third kappa shape index (κ3) is 11.8. The van der Waals surface area contributed by atoms with Crippen molar-refractivity contribution in [2.24, 2.45) is 23.7 Å². The molecule has 1 aromatic rings. The number of hydrogen-bond acceptors (Lipinski definition) is 9. The maximum Gasteiger partial charge on any atom is 0.245 e. The zero-order valence-corrected chi connectivity index (χ0v) is 34.7. The van der Waals surface area contributed by atoms with Crippen LogP contribution in [0.2, 0.25) is 0 Å². The van der Waals surface area contributed by atoms with Crippen LogP contribution in [0.1, 0.15) is 86.0 Å². The molecule has 1 saturated heterocycles. The minimum atomic E-state index is -0.760. The Balaban J connectivity index is 2.27. The van der Waals surface area contributed by atoms with Gasteiger partial charge in [-0.25, -0.2) is 0 Å². The third-order valence-corrected chi connectivity index (χ3v) is 11.6. The Kier molecular flexibility index (Phi) is 18.4. The maximum absolute atomic E-state index is 14.2. The fraction of sp³-hybridized carbons (Fsp3) is 0.769. The fourth-order valence-electron chi connectivity index (χ4n) is 7.64. The molecule has 2 rings (SSSR count). The summed E-state index contributed by atoms with van der Waals surface area (Å²) >= 11 is 1.54. The van der Waals surface area contributed by atoms with E-state index in [0.717, 1.165) is 17.7 Å². The normalized spacial score (nSPS) is 19.5. The number of carbonyl (C=O) groups is 5. The zero-order valence-electron chi connectivity index (χ0n) is 33.9. The number of hydrogen-bond donors (Lipinski definition) is 2. The zero-order chi connectivity index (χ0) is 39.4. The van der Waals surface area contributed by atoms with Gasteiger partial charge >= 0.3 is 0 Å². The number of ether oxygens (including phenoxy) is 2. The quantitative estimate of drug-likeness (QED) is 0.193. The minimum Gasteiger partial charge on any atom is -0.379 e. The molecule has 0 aromatic carbocycles. The van der Waals surface area contributed by atoms with E-state index in [1.165, 1.54) is 18.3 Å². The number of carbonyl (C=O) groups excluding carboxylic acids is 5. The average Bonchev–Trinajstić information content (AvgIpc) is 3.78. The first kappa shape index (κ1) is 45.3. The molecule has 296 valence electrons. The highest BCUT2D eigenvalue weighted by Crippen LogP contribution is 2.30. The van der Waals surface area contributed by atoms with Crippen molar-refractivity contribution in [2.75, 3.05) is 41.9 Å². The molecule has 2 heterocycles. The van der Waals surface area contributed by atoms with Crippen molar-refractivity contribution < 1.29 is 33.4 Å². The lowest BCUT2D eigenvalue weighted by molar-refractivity contribution is -0.148. The van der Waals surface area contributed by atoms with E-state index < -0.39 is 42.3 Å². The second-order valence-corrected chi connectivity index (χ2v) is 16.5. The SMILES string of the molecule is CCC(C)[C@@H]([C@@H](CC(=O)N1CCC[C@H]1[C@H](OC)[C@@H](C)C(=O)NC(Cc1cccs1)C(C)=O)OC)N(C)C(=O)[C@@H](NC(=O)[C@H](C(C)C)N(C)C)C(C)C. The molecule has 0 aliphatic carbocycles. The van der Waals surface area contributed by atoms with Crippen molar-refractivity contribution in [3.8, 4) is 0 Å². The summed E-state index contributed by atoms with van der Waals surface area (Å²) < 4.78 is 11.9. The van der Waals surface area contributed by atoms with E-state index in [9.17, 15) is 24.0 Å². The number of likely N-dealkylation sites (tertiary alicyclic amines) is 1. The first-order chi connectivity index (χ1) is 24.4. The van der Waals surface area contributed by atoms with Crippen LogP contribution in [0.5, 0.6) is 0 Å². The van der Waals surface area contributed by atoms with Gasteiger partial charge in [0.15, 0.2) is 5.78 Å². The van der Waals surface area contributed by atoms with Crippen LogP contribution in [-0.4, -0.2) is 128 Å². The second kappa shape index (κ2) is 21.1. The van der Waals surface area contributed by atoms with E-state index in [4.69, 9.17) is 9.47 Å². The first-order valence-corrected chi connectivity index (χ1v) is 19.7. The van der Waals surface area contributed by atoms with Gasteiger partial charge in [-0.1, -0.05) is 61.0 Å². The standard InChI is InChI=1S/C39H67N5O7S/c1-14-25(6)35(43(11)39(49)33(23(2)3)41-38(48)34(24(4)5)42(9)10)31(50-12)22-32(46)44-19-15-18-30(44)36(51-13)26(7)37(47)40-29(27(8)45)21-28-17-16-20-52-28/h16-17,20,23-26,29-31,33-36H,14-15,18-19,21-22H2,1-13H3,(H,40,47)(H,41,48)/t25?,26-,29?,30+,31-,33+,34+,35+,36-/m1/s1. The van der Waals surface area contributed by atoms with Gasteiger partial charge in [0, 0.05) is 39.1 Å². The van der Waals surface area contributed by atoms with E-state index in [0.29, 0.717) is 19.4 Å². The van der Waals surface area contributed by atoms with Crippen molar-refractivity contribution in [3.63, 3.8) is 0 Å². The molecular formula is C39H67N5O7S. The molecule has 1 aromatic heterocycles. The van der Waals surface area contributed by atoms with Gasteiger partial charge in [0.1, 0.15) is 6.04 Å². The Bertz CT molecular complexity index is 1300. The van der Waals surface area contributed by atoms with Gasteiger partial charge in [0.25, 0.3) is 0 Å². The average molecular weight is 750 g/mol. The number of nitrogens with one attached hydrogen (secondary N) is 2. The van der Waals surface area contributed by atoms with E-state index in [2.05, 4.69) is 10.6 Å². The predicted molar refractivity (Wildman–Crippen MR) is 206 cm³/mol. The highest BCUT2D eigenvalue weighted by atomic mass is 32.1. The lowest BCUT2D eigenvalue weighted by Gasteiger charge is -2.41. The molecule has 0 radical (unpaired) electrons. The van der Waals surface area contributed by atoms with Crippen molar-refractivity contribution >= 4 is 40.7 Å². The van der Waals surface area contributed by atoms with Gasteiger partial charge in [-0.2, -0.15) is 0 Å². The molecular weight excluding hydrogens is 683 g/mol. The lowest BCUT2D eigenvalue weighted by Crippen LogP contribution is -2.59. The summed E-state index contributed by atoms with van der Waals surface area (Å²) in [6.07, 6.45) is 1.39. The Morgan fingerprint density at radius 1 is 0.962 bits per heavy atom. The van der Waals surface area contributed by atoms with Crippen LogP contribution >= 0.6 is 11.3 Å². The Morgan fingerprint density at radius 3 is 2.10 bits per heavy atom. The van der Waals surface area contributed by atoms with Crippen LogP contribution < -0.4 is 10.6 Å². The summed E-state index contributed by atoms with van der Waals surface area (Å²) in [7, 11) is 8.55. The van der Waals surface area contributed by atoms with Gasteiger partial charge < -0.3 is 29.9 Å². The van der Waals surface area contributed by atoms with Crippen molar-refractivity contribution in [2.45, 2.75) is 130 Å². The third-order valence-electron chi connectivity index (χ3n) is 10.7. The van der Waals surface area contributed by atoms with E-state index in [-0.39, 0.29) is 59.6 Å². The molecule has 13 heteroatoms. The van der Waals surface area contributed by atoms with Crippen molar-refractivity contribution in [1.82, 2.24) is 25.3 Å². The van der Waals surface area contributed by atoms with Crippen LogP contribution in [0.15, 0.2) is 17.5 Å². The number of rotatable bonds is 21. The van der Waals surface area contributed by atoms with Crippen LogP contribution in [0.4, 0.5) is 0 Å². The molecule has 1 fully saturated rings. The van der Waals surface area contributed by atoms with E-state index in [1.54, 1.807) is 38.0 Å². The van der Waals surface area contributed by atoms with Gasteiger partial charge in [-0.3, -0.25) is 28.9 Å². The van der Waals surface area contributed by atoms with E-state index >= 15 is 0 Å². The van der Waals surface area contributed by atoms with Crippen LogP contribution in [-0.2, 0) is 39.9 Å². The van der Waals surface area contributed by atoms with E-state index in [1.807, 2.05) is 78.1 Å². The number of ketones is 1. The Labute approximate surface area is 316 Å². The highest BCUT2D eigenvalue weighted by molar-refractivity contribution is 7.09. The molecule has 4 amide bonds. The Morgan fingerprint density at radius 2 is 1.62 bits per heavy atom. The number of methoxy groups -OCH3 is 2. The predicted octanol–water partition coefficient (Wildman–Crippen LogP) is 4.01. The smallest absolute Gasteiger partial charge is 0.245 e. The number of nitrogens with zero attached hydrogens (tertiary/aromatic N) is 3. The largest absolute Gasteiger partial charge is 0.379 e. The maximum atomic E-state index is 14.2. The van der Waals surface area contributed by atoms with Crippen LogP contribution in [0.25, 0.3) is 0 Å². The molecule has 0 saturated carbocycles. The second-order valence-electron chi connectivity index (χ2n) is 15.4. The van der Waals surface area contributed by atoms with Gasteiger partial charge in [-0.05, 0) is 63.1 Å². The summed E-state index contributed by atoms with van der Waals surface area (Å²) in [4.78, 5) is 74.1. The summed E-state index contributed by atoms with van der Waals surface area (Å²) in [5, 5.41) is 7.90. The summed E-state index contributed by atoms with van der Waals surface area (Å²) in [6, 6.07) is 1.25. The molecule has 1 aliphatic rings. The number of amides is 4.